The highest BCUT2D eigenvalue weighted by Gasteiger charge is 2.33. The molecule has 1 aliphatic heterocycles. The van der Waals surface area contributed by atoms with Crippen molar-refractivity contribution in [2.45, 2.75) is 31.2 Å². The van der Waals surface area contributed by atoms with Crippen molar-refractivity contribution >= 4 is 25.5 Å². The first kappa shape index (κ1) is 17.9. The van der Waals surface area contributed by atoms with Gasteiger partial charge in [0.1, 0.15) is 10.7 Å². The number of aryl methyl sites for hydroxylation is 1. The average Bonchev–Trinajstić information content (AvgIpc) is 3.00. The van der Waals surface area contributed by atoms with E-state index in [1.165, 1.54) is 16.8 Å². The van der Waals surface area contributed by atoms with E-state index in [1.807, 2.05) is 0 Å². The Balaban J connectivity index is 1.95. The van der Waals surface area contributed by atoms with Crippen LogP contribution in [0.15, 0.2) is 29.2 Å². The molecule has 2 heterocycles. The van der Waals surface area contributed by atoms with Crippen molar-refractivity contribution in [3.63, 3.8) is 0 Å². The van der Waals surface area contributed by atoms with Gasteiger partial charge in [-0.15, -0.1) is 0 Å². The molecule has 136 valence electrons. The summed E-state index contributed by atoms with van der Waals surface area (Å²) >= 11 is 0. The first-order valence-electron chi connectivity index (χ1n) is 7.63. The van der Waals surface area contributed by atoms with Crippen molar-refractivity contribution in [1.82, 2.24) is 9.78 Å². The van der Waals surface area contributed by atoms with E-state index in [2.05, 4.69) is 9.82 Å². The van der Waals surface area contributed by atoms with E-state index in [4.69, 9.17) is 0 Å². The average molecular weight is 387 g/mol. The second-order valence-electron chi connectivity index (χ2n) is 6.11. The minimum Gasteiger partial charge on any atom is -0.280 e. The Morgan fingerprint density at radius 1 is 1.24 bits per heavy atom. The Kier molecular flexibility index (Phi) is 4.36. The van der Waals surface area contributed by atoms with Crippen molar-refractivity contribution < 1.29 is 21.2 Å². The molecule has 3 rings (SSSR count). The molecular formula is C15H18FN3O4S2. The van der Waals surface area contributed by atoms with Gasteiger partial charge in [0, 0.05) is 5.69 Å². The number of aromatic nitrogens is 2. The molecule has 0 aliphatic carbocycles. The molecule has 1 aliphatic rings. The molecule has 1 fully saturated rings. The number of rotatable bonds is 4. The maximum Gasteiger partial charge on any atom is 0.265 e. The highest BCUT2D eigenvalue weighted by atomic mass is 32.2. The molecule has 2 aromatic rings. The van der Waals surface area contributed by atoms with Gasteiger partial charge >= 0.3 is 0 Å². The zero-order valence-electron chi connectivity index (χ0n) is 13.7. The lowest BCUT2D eigenvalue weighted by Gasteiger charge is -2.12. The van der Waals surface area contributed by atoms with Crippen molar-refractivity contribution in [2.24, 2.45) is 0 Å². The van der Waals surface area contributed by atoms with E-state index in [0.29, 0.717) is 12.1 Å². The van der Waals surface area contributed by atoms with Crippen LogP contribution in [0, 0.1) is 19.7 Å². The van der Waals surface area contributed by atoms with E-state index < -0.39 is 25.7 Å². The predicted molar refractivity (Wildman–Crippen MR) is 91.2 cm³/mol. The molecule has 7 nitrogen and oxygen atoms in total. The van der Waals surface area contributed by atoms with Gasteiger partial charge in [-0.3, -0.25) is 9.40 Å². The number of nitrogens with one attached hydrogen (secondary N) is 1. The number of sulfonamides is 1. The van der Waals surface area contributed by atoms with Gasteiger partial charge < -0.3 is 0 Å². The first-order chi connectivity index (χ1) is 11.6. The fraction of sp³-hybridized carbons (Fsp3) is 0.400. The molecule has 0 radical (unpaired) electrons. The third-order valence-corrected chi connectivity index (χ3v) is 7.56. The minimum absolute atomic E-state index is 0.0149. The summed E-state index contributed by atoms with van der Waals surface area (Å²) in [7, 11) is -7.04. The summed E-state index contributed by atoms with van der Waals surface area (Å²) < 4.78 is 65.6. The van der Waals surface area contributed by atoms with Crippen LogP contribution in [-0.4, -0.2) is 38.1 Å². The van der Waals surface area contributed by atoms with Crippen molar-refractivity contribution in [1.29, 1.82) is 0 Å². The number of sulfone groups is 1. The lowest BCUT2D eigenvalue weighted by molar-refractivity contribution is 0.484. The molecule has 0 bridgehead atoms. The lowest BCUT2D eigenvalue weighted by Crippen LogP contribution is -2.17. The standard InChI is InChI=1S/C15H18FN3O4S2/c1-10-15(25(22,23)18-13-5-3-12(16)4-6-13)11(2)19(17-10)14-7-8-24(20,21)9-14/h3-6,14,18H,7-9H2,1-2H3/t14-/m0/s1. The summed E-state index contributed by atoms with van der Waals surface area (Å²) in [6.45, 7) is 3.16. The highest BCUT2D eigenvalue weighted by Crippen LogP contribution is 2.29. The van der Waals surface area contributed by atoms with E-state index >= 15 is 0 Å². The van der Waals surface area contributed by atoms with Gasteiger partial charge in [-0.05, 0) is 44.5 Å². The molecule has 1 aromatic carbocycles. The fourth-order valence-corrected chi connectivity index (χ4v) is 6.24. The summed E-state index contributed by atoms with van der Waals surface area (Å²) in [5, 5.41) is 4.25. The second-order valence-corrected chi connectivity index (χ2v) is 9.96. The van der Waals surface area contributed by atoms with Gasteiger partial charge in [0.2, 0.25) is 0 Å². The summed E-state index contributed by atoms with van der Waals surface area (Å²) in [6.07, 6.45) is 0.412. The van der Waals surface area contributed by atoms with Gasteiger partial charge in [-0.2, -0.15) is 5.10 Å². The van der Waals surface area contributed by atoms with Crippen LogP contribution in [0.25, 0.3) is 0 Å². The topological polar surface area (TPSA) is 98.1 Å². The van der Waals surface area contributed by atoms with Crippen LogP contribution in [-0.2, 0) is 19.9 Å². The van der Waals surface area contributed by atoms with Crippen LogP contribution in [0.1, 0.15) is 23.9 Å². The molecular weight excluding hydrogens is 369 g/mol. The molecule has 10 heteroatoms. The maximum absolute atomic E-state index is 13.0. The van der Waals surface area contributed by atoms with Gasteiger partial charge in [0.25, 0.3) is 10.0 Å². The van der Waals surface area contributed by atoms with Crippen LogP contribution >= 0.6 is 0 Å². The third-order valence-electron chi connectivity index (χ3n) is 4.18. The largest absolute Gasteiger partial charge is 0.280 e. The number of halogens is 1. The molecule has 1 saturated heterocycles. The Hall–Kier alpha value is -1.94. The monoisotopic (exact) mass is 387 g/mol. The molecule has 1 N–H and O–H groups in total. The van der Waals surface area contributed by atoms with Crippen LogP contribution < -0.4 is 4.72 Å². The Bertz CT molecular complexity index is 1010. The van der Waals surface area contributed by atoms with Crippen LogP contribution in [0.2, 0.25) is 0 Å². The second kappa shape index (κ2) is 6.10. The van der Waals surface area contributed by atoms with Gasteiger partial charge in [0.15, 0.2) is 9.84 Å². The van der Waals surface area contributed by atoms with E-state index in [0.717, 1.165) is 12.1 Å². The molecule has 0 amide bonds. The number of benzene rings is 1. The number of hydrogen-bond acceptors (Lipinski definition) is 5. The summed E-state index contributed by atoms with van der Waals surface area (Å²) in [6, 6.07) is 4.60. The minimum atomic E-state index is -3.93. The van der Waals surface area contributed by atoms with Crippen molar-refractivity contribution in [2.75, 3.05) is 16.2 Å². The van der Waals surface area contributed by atoms with Crippen molar-refractivity contribution in [3.8, 4) is 0 Å². The zero-order chi connectivity index (χ0) is 18.4. The zero-order valence-corrected chi connectivity index (χ0v) is 15.4. The number of nitrogens with zero attached hydrogens (tertiary/aromatic N) is 2. The summed E-state index contributed by atoms with van der Waals surface area (Å²) in [4.78, 5) is 0.0149. The molecule has 1 aromatic heterocycles. The number of anilines is 1. The predicted octanol–water partition coefficient (Wildman–Crippen LogP) is 1.80. The Morgan fingerprint density at radius 3 is 2.44 bits per heavy atom. The van der Waals surface area contributed by atoms with Crippen molar-refractivity contribution in [3.05, 3.63) is 41.5 Å². The molecule has 25 heavy (non-hydrogen) atoms. The normalized spacial score (nSPS) is 19.9. The summed E-state index contributed by atoms with van der Waals surface area (Å²) in [5.41, 5.74) is 0.905. The Morgan fingerprint density at radius 2 is 1.88 bits per heavy atom. The van der Waals surface area contributed by atoms with E-state index in [1.54, 1.807) is 13.8 Å². The van der Waals surface area contributed by atoms with Gasteiger partial charge in [0.05, 0.1) is 28.9 Å². The van der Waals surface area contributed by atoms with Crippen LogP contribution in [0.4, 0.5) is 10.1 Å². The third kappa shape index (κ3) is 3.54. The highest BCUT2D eigenvalue weighted by molar-refractivity contribution is 7.92. The van der Waals surface area contributed by atoms with E-state index in [9.17, 15) is 21.2 Å². The lowest BCUT2D eigenvalue weighted by atomic mass is 10.2. The van der Waals surface area contributed by atoms with E-state index in [-0.39, 0.29) is 33.8 Å². The molecule has 0 saturated carbocycles. The quantitative estimate of drug-likeness (QED) is 0.863. The van der Waals surface area contributed by atoms with Gasteiger partial charge in [-0.1, -0.05) is 0 Å². The summed E-state index contributed by atoms with van der Waals surface area (Å²) in [5.74, 6) is -0.434. The molecule has 0 spiro atoms. The fourth-order valence-electron chi connectivity index (χ4n) is 3.08. The SMILES string of the molecule is Cc1nn([C@H]2CCS(=O)(=O)C2)c(C)c1S(=O)(=O)Nc1ccc(F)cc1. The van der Waals surface area contributed by atoms with Crippen LogP contribution in [0.5, 0.6) is 0 Å². The van der Waals surface area contributed by atoms with Gasteiger partial charge in [-0.25, -0.2) is 21.2 Å². The first-order valence-corrected chi connectivity index (χ1v) is 10.9. The molecule has 0 unspecified atom stereocenters. The smallest absolute Gasteiger partial charge is 0.265 e. The van der Waals surface area contributed by atoms with Crippen LogP contribution in [0.3, 0.4) is 0 Å². The number of hydrogen-bond donors (Lipinski definition) is 1. The maximum atomic E-state index is 13.0. The Labute approximate surface area is 145 Å². The molecule has 1 atom stereocenters.